The second kappa shape index (κ2) is 8.46. The van der Waals surface area contributed by atoms with E-state index in [1.807, 2.05) is 0 Å². The standard InChI is InChI=1S/C21H18F4N2O2/c1-13(15-3-2-4-16(11-15)21(23,24)25)27-19(28)9-10-20-26-12-18(29-20)14-5-7-17(22)8-6-14/h2-8,11-13H,9-10H2,1H3,(H,27,28). The normalized spacial score (nSPS) is 12.6. The van der Waals surface area contributed by atoms with Gasteiger partial charge in [-0.3, -0.25) is 4.79 Å². The highest BCUT2D eigenvalue weighted by molar-refractivity contribution is 5.76. The van der Waals surface area contributed by atoms with Crippen molar-refractivity contribution < 1.29 is 26.8 Å². The molecule has 2 aromatic carbocycles. The van der Waals surface area contributed by atoms with E-state index in [9.17, 15) is 22.4 Å². The lowest BCUT2D eigenvalue weighted by molar-refractivity contribution is -0.137. The van der Waals surface area contributed by atoms with Crippen molar-refractivity contribution in [1.29, 1.82) is 0 Å². The van der Waals surface area contributed by atoms with E-state index < -0.39 is 17.8 Å². The number of aryl methyl sites for hydroxylation is 1. The Balaban J connectivity index is 1.56. The molecule has 0 aliphatic heterocycles. The lowest BCUT2D eigenvalue weighted by atomic mass is 10.0. The molecule has 1 aromatic heterocycles. The summed E-state index contributed by atoms with van der Waals surface area (Å²) in [6.45, 7) is 1.62. The van der Waals surface area contributed by atoms with Crippen LogP contribution in [0.5, 0.6) is 0 Å². The Kier molecular flexibility index (Phi) is 6.00. The molecular weight excluding hydrogens is 388 g/mol. The molecule has 4 nitrogen and oxygen atoms in total. The Bertz CT molecular complexity index is 981. The lowest BCUT2D eigenvalue weighted by Crippen LogP contribution is -2.27. The van der Waals surface area contributed by atoms with Crippen molar-refractivity contribution in [2.45, 2.75) is 32.0 Å². The Hall–Kier alpha value is -3.16. The Morgan fingerprint density at radius 1 is 1.17 bits per heavy atom. The van der Waals surface area contributed by atoms with Crippen LogP contribution in [0.15, 0.2) is 59.1 Å². The average molecular weight is 406 g/mol. The number of nitrogens with zero attached hydrogens (tertiary/aromatic N) is 1. The molecule has 1 N–H and O–H groups in total. The largest absolute Gasteiger partial charge is 0.441 e. The van der Waals surface area contributed by atoms with E-state index in [1.165, 1.54) is 30.5 Å². The first-order valence-electron chi connectivity index (χ1n) is 8.89. The number of hydrogen-bond donors (Lipinski definition) is 1. The van der Waals surface area contributed by atoms with Crippen molar-refractivity contribution in [2.75, 3.05) is 0 Å². The van der Waals surface area contributed by atoms with Gasteiger partial charge in [0.05, 0.1) is 17.8 Å². The van der Waals surface area contributed by atoms with Gasteiger partial charge >= 0.3 is 6.18 Å². The van der Waals surface area contributed by atoms with E-state index in [4.69, 9.17) is 4.42 Å². The van der Waals surface area contributed by atoms with Gasteiger partial charge in [-0.15, -0.1) is 0 Å². The summed E-state index contributed by atoms with van der Waals surface area (Å²) in [5.74, 6) is 0.0976. The van der Waals surface area contributed by atoms with E-state index >= 15 is 0 Å². The molecule has 0 radical (unpaired) electrons. The van der Waals surface area contributed by atoms with E-state index in [0.717, 1.165) is 12.1 Å². The zero-order valence-corrected chi connectivity index (χ0v) is 15.5. The average Bonchev–Trinajstić information content (AvgIpc) is 3.15. The van der Waals surface area contributed by atoms with Gasteiger partial charge in [0, 0.05) is 18.4 Å². The quantitative estimate of drug-likeness (QED) is 0.565. The minimum atomic E-state index is -4.44. The molecule has 0 bridgehead atoms. The summed E-state index contributed by atoms with van der Waals surface area (Å²) in [6, 6.07) is 10.00. The molecule has 152 valence electrons. The Morgan fingerprint density at radius 3 is 2.59 bits per heavy atom. The van der Waals surface area contributed by atoms with Crippen LogP contribution < -0.4 is 5.32 Å². The number of halogens is 4. The number of amides is 1. The summed E-state index contributed by atoms with van der Waals surface area (Å²) >= 11 is 0. The van der Waals surface area contributed by atoms with Gasteiger partial charge in [0.2, 0.25) is 5.91 Å². The fourth-order valence-electron chi connectivity index (χ4n) is 2.78. The molecule has 0 spiro atoms. The second-order valence-electron chi connectivity index (χ2n) is 6.54. The van der Waals surface area contributed by atoms with Gasteiger partial charge in [-0.25, -0.2) is 9.37 Å². The Morgan fingerprint density at radius 2 is 1.90 bits per heavy atom. The van der Waals surface area contributed by atoms with Crippen LogP contribution in [0.25, 0.3) is 11.3 Å². The van der Waals surface area contributed by atoms with Gasteiger partial charge in [-0.1, -0.05) is 12.1 Å². The van der Waals surface area contributed by atoms with Gasteiger partial charge in [0.25, 0.3) is 0 Å². The fraction of sp³-hybridized carbons (Fsp3) is 0.238. The van der Waals surface area contributed by atoms with Crippen molar-refractivity contribution in [1.82, 2.24) is 10.3 Å². The number of nitrogens with one attached hydrogen (secondary N) is 1. The number of benzene rings is 2. The molecule has 1 atom stereocenters. The van der Waals surface area contributed by atoms with Crippen molar-refractivity contribution in [3.63, 3.8) is 0 Å². The van der Waals surface area contributed by atoms with Crippen molar-refractivity contribution >= 4 is 5.91 Å². The molecule has 0 aliphatic rings. The molecule has 1 heterocycles. The highest BCUT2D eigenvalue weighted by atomic mass is 19.4. The monoisotopic (exact) mass is 406 g/mol. The summed E-state index contributed by atoms with van der Waals surface area (Å²) in [5, 5.41) is 2.67. The molecule has 1 unspecified atom stereocenters. The first-order chi connectivity index (χ1) is 13.7. The number of carbonyl (C=O) groups is 1. The summed E-state index contributed by atoms with van der Waals surface area (Å²) in [5.41, 5.74) is 0.264. The molecule has 3 rings (SSSR count). The number of alkyl halides is 3. The third-order valence-corrected chi connectivity index (χ3v) is 4.34. The maximum Gasteiger partial charge on any atom is 0.416 e. The maximum atomic E-state index is 13.0. The van der Waals surface area contributed by atoms with Gasteiger partial charge in [0.15, 0.2) is 11.7 Å². The zero-order chi connectivity index (χ0) is 21.0. The van der Waals surface area contributed by atoms with E-state index in [2.05, 4.69) is 10.3 Å². The molecule has 3 aromatic rings. The van der Waals surface area contributed by atoms with E-state index in [1.54, 1.807) is 19.1 Å². The molecule has 0 aliphatic carbocycles. The summed E-state index contributed by atoms with van der Waals surface area (Å²) < 4.78 is 57.0. The van der Waals surface area contributed by atoms with Crippen LogP contribution in [0.2, 0.25) is 0 Å². The predicted octanol–water partition coefficient (Wildman–Crippen LogP) is 5.31. The highest BCUT2D eigenvalue weighted by Crippen LogP contribution is 2.30. The van der Waals surface area contributed by atoms with Crippen LogP contribution in [0, 0.1) is 5.82 Å². The SMILES string of the molecule is CC(NC(=O)CCc1ncc(-c2ccc(F)cc2)o1)c1cccc(C(F)(F)F)c1. The van der Waals surface area contributed by atoms with Gasteiger partial charge in [0.1, 0.15) is 5.82 Å². The smallest absolute Gasteiger partial charge is 0.416 e. The molecule has 29 heavy (non-hydrogen) atoms. The molecule has 0 saturated carbocycles. The van der Waals surface area contributed by atoms with Crippen LogP contribution >= 0.6 is 0 Å². The first-order valence-corrected chi connectivity index (χ1v) is 8.89. The zero-order valence-electron chi connectivity index (χ0n) is 15.5. The second-order valence-corrected chi connectivity index (χ2v) is 6.54. The van der Waals surface area contributed by atoms with Gasteiger partial charge < -0.3 is 9.73 Å². The summed E-state index contributed by atoms with van der Waals surface area (Å²) in [7, 11) is 0. The summed E-state index contributed by atoms with van der Waals surface area (Å²) in [4.78, 5) is 16.2. The lowest BCUT2D eigenvalue weighted by Gasteiger charge is -2.16. The van der Waals surface area contributed by atoms with Gasteiger partial charge in [-0.2, -0.15) is 13.2 Å². The molecule has 8 heteroatoms. The van der Waals surface area contributed by atoms with Crippen LogP contribution in [0.3, 0.4) is 0 Å². The van der Waals surface area contributed by atoms with Crippen molar-refractivity contribution in [3.8, 4) is 11.3 Å². The summed E-state index contributed by atoms with van der Waals surface area (Å²) in [6.07, 6.45) is -2.66. The van der Waals surface area contributed by atoms with Crippen LogP contribution in [-0.2, 0) is 17.4 Å². The van der Waals surface area contributed by atoms with Crippen LogP contribution in [0.1, 0.15) is 36.4 Å². The molecule has 0 saturated heterocycles. The highest BCUT2D eigenvalue weighted by Gasteiger charge is 2.30. The van der Waals surface area contributed by atoms with Gasteiger partial charge in [-0.05, 0) is 48.9 Å². The Labute approximate surface area is 164 Å². The number of hydrogen-bond acceptors (Lipinski definition) is 3. The predicted molar refractivity (Wildman–Crippen MR) is 98.2 cm³/mol. The number of oxazole rings is 1. The molecule has 1 amide bonds. The minimum absolute atomic E-state index is 0.0622. The number of aromatic nitrogens is 1. The maximum absolute atomic E-state index is 13.0. The molecule has 0 fully saturated rings. The number of rotatable bonds is 6. The molecular formula is C21H18F4N2O2. The van der Waals surface area contributed by atoms with Crippen LogP contribution in [-0.4, -0.2) is 10.9 Å². The third-order valence-electron chi connectivity index (χ3n) is 4.34. The fourth-order valence-corrected chi connectivity index (χ4v) is 2.78. The van der Waals surface area contributed by atoms with Crippen molar-refractivity contribution in [2.24, 2.45) is 0 Å². The number of carbonyl (C=O) groups excluding carboxylic acids is 1. The topological polar surface area (TPSA) is 55.1 Å². The third kappa shape index (κ3) is 5.43. The first kappa shape index (κ1) is 20.6. The van der Waals surface area contributed by atoms with Crippen molar-refractivity contribution in [3.05, 3.63) is 77.6 Å². The van der Waals surface area contributed by atoms with E-state index in [-0.39, 0.29) is 24.6 Å². The minimum Gasteiger partial charge on any atom is -0.441 e. The van der Waals surface area contributed by atoms with Crippen LogP contribution in [0.4, 0.5) is 17.6 Å². The van der Waals surface area contributed by atoms with E-state index in [0.29, 0.717) is 22.8 Å².